The lowest BCUT2D eigenvalue weighted by Gasteiger charge is -2.32. The van der Waals surface area contributed by atoms with Gasteiger partial charge in [0.2, 0.25) is 0 Å². The summed E-state index contributed by atoms with van der Waals surface area (Å²) in [6, 6.07) is 13.4. The van der Waals surface area contributed by atoms with Gasteiger partial charge in [-0.15, -0.1) is 0 Å². The van der Waals surface area contributed by atoms with Crippen LogP contribution in [0.25, 0.3) is 11.1 Å². The molecule has 37 heavy (non-hydrogen) atoms. The van der Waals surface area contributed by atoms with Gasteiger partial charge in [0.25, 0.3) is 0 Å². The molecule has 0 radical (unpaired) electrons. The molecule has 0 saturated heterocycles. The predicted octanol–water partition coefficient (Wildman–Crippen LogP) is 12.1. The van der Waals surface area contributed by atoms with Gasteiger partial charge in [-0.05, 0) is 78.7 Å². The second kappa shape index (κ2) is 15.3. The van der Waals surface area contributed by atoms with Crippen molar-refractivity contribution >= 4 is 11.6 Å². The molecule has 2 heteroatoms. The van der Waals surface area contributed by atoms with Crippen LogP contribution in [0, 0.1) is 23.6 Å². The first-order valence-electron chi connectivity index (χ1n) is 15.7. The van der Waals surface area contributed by atoms with Crippen molar-refractivity contribution in [3.05, 3.63) is 58.9 Å². The van der Waals surface area contributed by atoms with Crippen molar-refractivity contribution in [1.29, 1.82) is 0 Å². The molecule has 0 amide bonds. The Morgan fingerprint density at radius 1 is 0.649 bits per heavy atom. The lowest BCUT2D eigenvalue weighted by atomic mass is 9.74. The molecule has 2 aromatic carbocycles. The summed E-state index contributed by atoms with van der Waals surface area (Å²) in [5.41, 5.74) is 2.75. The maximum atomic E-state index is 14.9. The third-order valence-electron chi connectivity index (χ3n) is 9.63. The van der Waals surface area contributed by atoms with Gasteiger partial charge >= 0.3 is 0 Å². The summed E-state index contributed by atoms with van der Waals surface area (Å²) in [6.45, 7) is 2.30. The fourth-order valence-electron chi connectivity index (χ4n) is 7.10. The van der Waals surface area contributed by atoms with E-state index in [1.165, 1.54) is 121 Å². The normalized spacial score (nSPS) is 24.3. The Bertz CT molecular complexity index is 903. The van der Waals surface area contributed by atoms with Crippen LogP contribution in [0.1, 0.15) is 134 Å². The molecular formula is C35H50ClF. The zero-order chi connectivity index (χ0) is 25.9. The fraction of sp³-hybridized carbons (Fsp3) is 0.657. The summed E-state index contributed by atoms with van der Waals surface area (Å²) >= 11 is 5.99. The van der Waals surface area contributed by atoms with Gasteiger partial charge < -0.3 is 0 Å². The zero-order valence-corrected chi connectivity index (χ0v) is 24.1. The van der Waals surface area contributed by atoms with E-state index in [-0.39, 0.29) is 5.82 Å². The Morgan fingerprint density at radius 2 is 1.19 bits per heavy atom. The molecule has 2 fully saturated rings. The Kier molecular flexibility index (Phi) is 11.9. The second-order valence-electron chi connectivity index (χ2n) is 12.3. The molecule has 2 aliphatic carbocycles. The van der Waals surface area contributed by atoms with Crippen molar-refractivity contribution in [1.82, 2.24) is 0 Å². The molecule has 2 aliphatic rings. The van der Waals surface area contributed by atoms with Gasteiger partial charge in [0.1, 0.15) is 5.82 Å². The van der Waals surface area contributed by atoms with Crippen LogP contribution in [0.3, 0.4) is 0 Å². The maximum Gasteiger partial charge on any atom is 0.131 e. The number of halogens is 2. The first-order chi connectivity index (χ1) is 18.1. The third-order valence-corrected chi connectivity index (χ3v) is 9.88. The van der Waals surface area contributed by atoms with E-state index in [0.717, 1.165) is 23.3 Å². The van der Waals surface area contributed by atoms with E-state index in [1.807, 2.05) is 30.3 Å². The van der Waals surface area contributed by atoms with Crippen LogP contribution >= 0.6 is 11.6 Å². The number of hydrogen-bond acceptors (Lipinski definition) is 0. The van der Waals surface area contributed by atoms with Gasteiger partial charge in [-0.1, -0.05) is 133 Å². The molecule has 0 heterocycles. The average Bonchev–Trinajstić information content (AvgIpc) is 2.93. The zero-order valence-electron chi connectivity index (χ0n) is 23.3. The number of benzene rings is 2. The Labute approximate surface area is 231 Å². The predicted molar refractivity (Wildman–Crippen MR) is 159 cm³/mol. The largest absolute Gasteiger partial charge is 0.206 e. The van der Waals surface area contributed by atoms with Crippen molar-refractivity contribution in [3.8, 4) is 11.1 Å². The van der Waals surface area contributed by atoms with Crippen LogP contribution in [0.4, 0.5) is 4.39 Å². The van der Waals surface area contributed by atoms with Gasteiger partial charge in [-0.2, -0.15) is 0 Å². The SMILES string of the molecule is CCCCCCCCC[C@H]1CC[C@H](CCC2CCC(c3ccc(-c4ccc(Cl)cc4)c(F)c3)CC2)CC1. The summed E-state index contributed by atoms with van der Waals surface area (Å²) in [6.07, 6.45) is 25.4. The van der Waals surface area contributed by atoms with Gasteiger partial charge in [0.05, 0.1) is 0 Å². The van der Waals surface area contributed by atoms with Crippen LogP contribution in [0.5, 0.6) is 0 Å². The van der Waals surface area contributed by atoms with Gasteiger partial charge in [-0.25, -0.2) is 4.39 Å². The first kappa shape index (κ1) is 28.7. The molecule has 0 spiro atoms. The van der Waals surface area contributed by atoms with Crippen LogP contribution < -0.4 is 0 Å². The monoisotopic (exact) mass is 524 g/mol. The molecule has 0 nitrogen and oxygen atoms in total. The molecule has 2 saturated carbocycles. The minimum Gasteiger partial charge on any atom is -0.206 e. The minimum atomic E-state index is -0.107. The molecule has 0 unspecified atom stereocenters. The van der Waals surface area contributed by atoms with Crippen molar-refractivity contribution in [2.75, 3.05) is 0 Å². The Morgan fingerprint density at radius 3 is 1.78 bits per heavy atom. The van der Waals surface area contributed by atoms with Crippen LogP contribution in [-0.4, -0.2) is 0 Å². The molecule has 2 aromatic rings. The average molecular weight is 525 g/mol. The molecule has 0 aliphatic heterocycles. The molecule has 0 atom stereocenters. The highest BCUT2D eigenvalue weighted by Crippen LogP contribution is 2.41. The van der Waals surface area contributed by atoms with E-state index in [2.05, 4.69) is 13.0 Å². The van der Waals surface area contributed by atoms with Crippen molar-refractivity contribution in [2.24, 2.45) is 17.8 Å². The Balaban J connectivity index is 1.11. The van der Waals surface area contributed by atoms with Gasteiger partial charge in [0.15, 0.2) is 0 Å². The molecule has 0 N–H and O–H groups in total. The highest BCUT2D eigenvalue weighted by molar-refractivity contribution is 6.30. The van der Waals surface area contributed by atoms with E-state index in [4.69, 9.17) is 11.6 Å². The Hall–Kier alpha value is -1.34. The van der Waals surface area contributed by atoms with E-state index < -0.39 is 0 Å². The quantitative estimate of drug-likeness (QED) is 0.228. The van der Waals surface area contributed by atoms with E-state index in [9.17, 15) is 4.39 Å². The molecule has 204 valence electrons. The van der Waals surface area contributed by atoms with E-state index in [1.54, 1.807) is 6.07 Å². The topological polar surface area (TPSA) is 0 Å². The van der Waals surface area contributed by atoms with Crippen molar-refractivity contribution in [3.63, 3.8) is 0 Å². The molecule has 0 aromatic heterocycles. The standard InChI is InChI=1S/C35H50ClF/c1-2-3-4-5-6-7-8-9-27-10-12-28(13-11-27)14-15-29-16-18-30(19-17-29)32-22-25-34(35(37)26-32)31-20-23-33(36)24-21-31/h20-30H,2-19H2,1H3/t27-,28-,29?,30?. The summed E-state index contributed by atoms with van der Waals surface area (Å²) in [5.74, 6) is 3.31. The van der Waals surface area contributed by atoms with E-state index in [0.29, 0.717) is 16.5 Å². The van der Waals surface area contributed by atoms with E-state index >= 15 is 0 Å². The van der Waals surface area contributed by atoms with Crippen molar-refractivity contribution in [2.45, 2.75) is 128 Å². The lowest BCUT2D eigenvalue weighted by Crippen LogP contribution is -2.18. The maximum absolute atomic E-state index is 14.9. The summed E-state index contributed by atoms with van der Waals surface area (Å²) in [7, 11) is 0. The lowest BCUT2D eigenvalue weighted by molar-refractivity contribution is 0.222. The summed E-state index contributed by atoms with van der Waals surface area (Å²) in [4.78, 5) is 0. The fourth-order valence-corrected chi connectivity index (χ4v) is 7.23. The minimum absolute atomic E-state index is 0.107. The van der Waals surface area contributed by atoms with Crippen LogP contribution in [-0.2, 0) is 0 Å². The number of unbranched alkanes of at least 4 members (excludes halogenated alkanes) is 6. The highest BCUT2D eigenvalue weighted by Gasteiger charge is 2.26. The summed E-state index contributed by atoms with van der Waals surface area (Å²) in [5, 5.41) is 0.684. The highest BCUT2D eigenvalue weighted by atomic mass is 35.5. The van der Waals surface area contributed by atoms with Gasteiger partial charge in [0, 0.05) is 10.6 Å². The number of hydrogen-bond donors (Lipinski definition) is 0. The molecule has 4 rings (SSSR count). The number of rotatable bonds is 13. The molecular weight excluding hydrogens is 475 g/mol. The third kappa shape index (κ3) is 9.12. The van der Waals surface area contributed by atoms with Crippen molar-refractivity contribution < 1.29 is 4.39 Å². The smallest absolute Gasteiger partial charge is 0.131 e. The van der Waals surface area contributed by atoms with Gasteiger partial charge in [-0.3, -0.25) is 0 Å². The van der Waals surface area contributed by atoms with Crippen LogP contribution in [0.15, 0.2) is 42.5 Å². The molecule has 0 bridgehead atoms. The second-order valence-corrected chi connectivity index (χ2v) is 12.8. The summed E-state index contributed by atoms with van der Waals surface area (Å²) < 4.78 is 14.9. The van der Waals surface area contributed by atoms with Crippen LogP contribution in [0.2, 0.25) is 5.02 Å². The first-order valence-corrected chi connectivity index (χ1v) is 16.1.